The fourth-order valence-corrected chi connectivity index (χ4v) is 3.22. The first-order valence-electron chi connectivity index (χ1n) is 11.2. The minimum Gasteiger partial charge on any atom is -0.462 e. The van der Waals surface area contributed by atoms with Crippen molar-refractivity contribution in [3.63, 3.8) is 0 Å². The van der Waals surface area contributed by atoms with Crippen LogP contribution in [0.25, 0.3) is 0 Å². The van der Waals surface area contributed by atoms with Gasteiger partial charge in [0, 0.05) is 12.2 Å². The third-order valence-corrected chi connectivity index (χ3v) is 5.51. The number of allylic oxidation sites excluding steroid dienone is 2. The second-order valence-corrected chi connectivity index (χ2v) is 7.87. The smallest absolute Gasteiger partial charge is 0.342 e. The lowest BCUT2D eigenvalue weighted by molar-refractivity contribution is -0.144. The minimum atomic E-state index is -0.822. The number of hydrogen-bond donors (Lipinski definition) is 0. The van der Waals surface area contributed by atoms with Crippen molar-refractivity contribution in [3.8, 4) is 0 Å². The molecule has 0 aromatic heterocycles. The number of ketones is 2. The molecular weight excluding hydrogens is 384 g/mol. The van der Waals surface area contributed by atoms with E-state index in [1.165, 1.54) is 0 Å². The van der Waals surface area contributed by atoms with Crippen LogP contribution in [0.1, 0.15) is 79.1 Å². The van der Waals surface area contributed by atoms with Gasteiger partial charge >= 0.3 is 11.9 Å². The van der Waals surface area contributed by atoms with Crippen LogP contribution in [0.15, 0.2) is 23.3 Å². The highest BCUT2D eigenvalue weighted by Crippen LogP contribution is 2.19. The Kier molecular flexibility index (Phi) is 11.9. The molecule has 0 fully saturated rings. The maximum Gasteiger partial charge on any atom is 0.342 e. The second-order valence-electron chi connectivity index (χ2n) is 7.87. The number of carbonyl (C=O) groups excluding carboxylic acids is 4. The predicted molar refractivity (Wildman–Crippen MR) is 115 cm³/mol. The van der Waals surface area contributed by atoms with Gasteiger partial charge in [-0.3, -0.25) is 9.59 Å². The van der Waals surface area contributed by atoms with Gasteiger partial charge in [-0.15, -0.1) is 0 Å². The van der Waals surface area contributed by atoms with Crippen LogP contribution in [-0.4, -0.2) is 36.7 Å². The van der Waals surface area contributed by atoms with Gasteiger partial charge in [0.05, 0.1) is 13.2 Å². The summed E-state index contributed by atoms with van der Waals surface area (Å²) >= 11 is 0. The Morgan fingerprint density at radius 1 is 0.733 bits per heavy atom. The molecule has 1 rings (SSSR count). The number of unbranched alkanes of at least 4 members (excludes halogenated alkanes) is 2. The highest BCUT2D eigenvalue weighted by atomic mass is 16.5. The van der Waals surface area contributed by atoms with E-state index in [2.05, 4.69) is 13.8 Å². The normalized spacial score (nSPS) is 15.9. The van der Waals surface area contributed by atoms with Crippen LogP contribution in [0.5, 0.6) is 0 Å². The molecule has 0 amide bonds. The number of carbonyl (C=O) groups is 4. The van der Waals surface area contributed by atoms with E-state index in [-0.39, 0.29) is 36.2 Å². The van der Waals surface area contributed by atoms with Crippen molar-refractivity contribution in [2.75, 3.05) is 13.2 Å². The van der Waals surface area contributed by atoms with Gasteiger partial charge in [0.1, 0.15) is 11.1 Å². The lowest BCUT2D eigenvalue weighted by atomic mass is 9.96. The van der Waals surface area contributed by atoms with Gasteiger partial charge in [0.15, 0.2) is 11.6 Å². The van der Waals surface area contributed by atoms with Gasteiger partial charge in [0.2, 0.25) is 0 Å². The average Bonchev–Trinajstić information content (AvgIpc) is 2.74. The first kappa shape index (κ1) is 25.8. The summed E-state index contributed by atoms with van der Waals surface area (Å²) in [5, 5.41) is 0. The monoisotopic (exact) mass is 420 g/mol. The Morgan fingerprint density at radius 3 is 1.40 bits per heavy atom. The third kappa shape index (κ3) is 8.25. The Balaban J connectivity index is 2.65. The van der Waals surface area contributed by atoms with Crippen LogP contribution < -0.4 is 0 Å². The molecule has 0 bridgehead atoms. The summed E-state index contributed by atoms with van der Waals surface area (Å²) in [6.45, 7) is 8.66. The molecule has 2 atom stereocenters. The molecule has 30 heavy (non-hydrogen) atoms. The number of rotatable bonds is 14. The Bertz CT molecular complexity index is 615. The zero-order chi connectivity index (χ0) is 22.5. The first-order chi connectivity index (χ1) is 14.4. The van der Waals surface area contributed by atoms with Crippen molar-refractivity contribution in [2.24, 2.45) is 11.8 Å². The molecule has 168 valence electrons. The lowest BCUT2D eigenvalue weighted by Crippen LogP contribution is -2.26. The second kappa shape index (κ2) is 13.9. The van der Waals surface area contributed by atoms with E-state index < -0.39 is 23.5 Å². The minimum absolute atomic E-state index is 0.211. The summed E-state index contributed by atoms with van der Waals surface area (Å²) < 4.78 is 10.5. The molecule has 6 heteroatoms. The maximum atomic E-state index is 12.3. The quantitative estimate of drug-likeness (QED) is 0.233. The Labute approximate surface area is 180 Å². The summed E-state index contributed by atoms with van der Waals surface area (Å²) in [5.74, 6) is -2.60. The van der Waals surface area contributed by atoms with Crippen molar-refractivity contribution in [3.05, 3.63) is 23.3 Å². The molecule has 0 heterocycles. The van der Waals surface area contributed by atoms with Crippen molar-refractivity contribution < 1.29 is 28.7 Å². The third-order valence-electron chi connectivity index (χ3n) is 5.51. The molecule has 0 radical (unpaired) electrons. The highest BCUT2D eigenvalue weighted by molar-refractivity contribution is 6.35. The highest BCUT2D eigenvalue weighted by Gasteiger charge is 2.30. The van der Waals surface area contributed by atoms with E-state index in [0.717, 1.165) is 63.5 Å². The van der Waals surface area contributed by atoms with Crippen LogP contribution in [0.3, 0.4) is 0 Å². The molecule has 0 aromatic carbocycles. The SMILES string of the molecule is CCCCC(CC)COC(=O)C1=CC(=O)C(C(=O)OCC(CC)CCCC)=CC1=O. The summed E-state index contributed by atoms with van der Waals surface area (Å²) in [5.41, 5.74) is -0.674. The van der Waals surface area contributed by atoms with Gasteiger partial charge in [0.25, 0.3) is 0 Å². The molecule has 0 saturated carbocycles. The van der Waals surface area contributed by atoms with Crippen LogP contribution in [0.2, 0.25) is 0 Å². The fraction of sp³-hybridized carbons (Fsp3) is 0.667. The number of ether oxygens (including phenoxy) is 2. The van der Waals surface area contributed by atoms with E-state index in [0.29, 0.717) is 0 Å². The number of esters is 2. The molecule has 1 aliphatic carbocycles. The van der Waals surface area contributed by atoms with Gasteiger partial charge in [-0.1, -0.05) is 66.2 Å². The zero-order valence-corrected chi connectivity index (χ0v) is 18.8. The maximum absolute atomic E-state index is 12.3. The van der Waals surface area contributed by atoms with Gasteiger partial charge in [-0.25, -0.2) is 9.59 Å². The standard InChI is InChI=1S/C24H36O6/c1-5-9-11-17(7-3)15-29-23(27)19-13-22(26)20(14-21(19)25)24(28)30-16-18(8-4)12-10-6-2/h13-14,17-18H,5-12,15-16H2,1-4H3. The molecule has 0 aliphatic heterocycles. The largest absolute Gasteiger partial charge is 0.462 e. The van der Waals surface area contributed by atoms with Crippen LogP contribution in [0.4, 0.5) is 0 Å². The first-order valence-corrected chi connectivity index (χ1v) is 11.2. The molecule has 0 aromatic rings. The van der Waals surface area contributed by atoms with E-state index in [4.69, 9.17) is 9.47 Å². The molecule has 1 aliphatic rings. The topological polar surface area (TPSA) is 86.7 Å². The fourth-order valence-electron chi connectivity index (χ4n) is 3.22. The average molecular weight is 421 g/mol. The summed E-state index contributed by atoms with van der Waals surface area (Å²) in [6.07, 6.45) is 9.61. The van der Waals surface area contributed by atoms with E-state index in [1.54, 1.807) is 0 Å². The van der Waals surface area contributed by atoms with Crippen molar-refractivity contribution >= 4 is 23.5 Å². The summed E-state index contributed by atoms with van der Waals surface area (Å²) in [6, 6.07) is 0. The Hall–Kier alpha value is -2.24. The van der Waals surface area contributed by atoms with Crippen LogP contribution in [-0.2, 0) is 28.7 Å². The summed E-state index contributed by atoms with van der Waals surface area (Å²) in [4.78, 5) is 49.2. The van der Waals surface area contributed by atoms with Crippen molar-refractivity contribution in [2.45, 2.75) is 79.1 Å². The van der Waals surface area contributed by atoms with E-state index >= 15 is 0 Å². The molecular formula is C24H36O6. The van der Waals surface area contributed by atoms with Crippen molar-refractivity contribution in [1.82, 2.24) is 0 Å². The molecule has 0 N–H and O–H groups in total. The van der Waals surface area contributed by atoms with Gasteiger partial charge < -0.3 is 9.47 Å². The van der Waals surface area contributed by atoms with Gasteiger partial charge in [-0.05, 0) is 24.7 Å². The number of hydrogen-bond acceptors (Lipinski definition) is 6. The molecule has 2 unspecified atom stereocenters. The Morgan fingerprint density at radius 2 is 1.10 bits per heavy atom. The summed E-state index contributed by atoms with van der Waals surface area (Å²) in [7, 11) is 0. The zero-order valence-electron chi connectivity index (χ0n) is 18.8. The van der Waals surface area contributed by atoms with Gasteiger partial charge in [-0.2, -0.15) is 0 Å². The van der Waals surface area contributed by atoms with E-state index in [9.17, 15) is 19.2 Å². The van der Waals surface area contributed by atoms with Crippen LogP contribution >= 0.6 is 0 Å². The van der Waals surface area contributed by atoms with Crippen molar-refractivity contribution in [1.29, 1.82) is 0 Å². The van der Waals surface area contributed by atoms with Crippen LogP contribution in [0, 0.1) is 11.8 Å². The van der Waals surface area contributed by atoms with E-state index in [1.807, 2.05) is 13.8 Å². The molecule has 0 spiro atoms. The lowest BCUT2D eigenvalue weighted by Gasteiger charge is -2.17. The molecule has 6 nitrogen and oxygen atoms in total. The predicted octanol–water partition coefficient (Wildman–Crippen LogP) is 4.51. The molecule has 0 saturated heterocycles.